The molecule has 3 aromatic rings. The van der Waals surface area contributed by atoms with E-state index < -0.39 is 11.8 Å². The molecule has 1 aliphatic heterocycles. The lowest BCUT2D eigenvalue weighted by Gasteiger charge is -2.12. The predicted octanol–water partition coefficient (Wildman–Crippen LogP) is 6.27. The van der Waals surface area contributed by atoms with Crippen LogP contribution in [0.25, 0.3) is 6.08 Å². The molecule has 0 fully saturated rings. The molecule has 3 aromatic carbocycles. The Kier molecular flexibility index (Phi) is 6.71. The normalized spacial score (nSPS) is 14.5. The van der Waals surface area contributed by atoms with Crippen molar-refractivity contribution in [3.05, 3.63) is 102 Å². The fourth-order valence-corrected chi connectivity index (χ4v) is 5.08. The molecule has 0 aromatic heterocycles. The Balaban J connectivity index is 1.55. The summed E-state index contributed by atoms with van der Waals surface area (Å²) < 4.78 is 26.5. The molecule has 0 radical (unpaired) electrons. The Labute approximate surface area is 206 Å². The number of aryl methyl sites for hydroxylation is 1. The Bertz CT molecular complexity index is 1200. The Morgan fingerprint density at radius 1 is 1.06 bits per heavy atom. The number of nitrogens with zero attached hydrogens (tertiary/aromatic N) is 1. The summed E-state index contributed by atoms with van der Waals surface area (Å²) in [6.07, 6.45) is 1.66. The van der Waals surface area contributed by atoms with E-state index in [-0.39, 0.29) is 11.6 Å². The summed E-state index contributed by atoms with van der Waals surface area (Å²) in [7, 11) is 0. The Morgan fingerprint density at radius 2 is 1.77 bits per heavy atom. The maximum atomic E-state index is 13.5. The zero-order valence-electron chi connectivity index (χ0n) is 16.4. The molecule has 4 nitrogen and oxygen atoms in total. The van der Waals surface area contributed by atoms with Gasteiger partial charge in [0, 0.05) is 5.56 Å². The van der Waals surface area contributed by atoms with Gasteiger partial charge in [0.05, 0.1) is 7.14 Å². The average molecular weight is 639 g/mol. The molecule has 0 saturated carbocycles. The quantitative estimate of drug-likeness (QED) is 0.188. The number of aliphatic imine (C=N–C) groups is 1. The second kappa shape index (κ2) is 9.47. The van der Waals surface area contributed by atoms with E-state index in [4.69, 9.17) is 9.47 Å². The number of benzene rings is 3. The second-order valence-electron chi connectivity index (χ2n) is 6.93. The Hall–Kier alpha value is -2.27. The van der Waals surface area contributed by atoms with Gasteiger partial charge in [0.15, 0.2) is 5.70 Å². The largest absolute Gasteiger partial charge is 0.487 e. The van der Waals surface area contributed by atoms with E-state index in [1.807, 2.05) is 24.3 Å². The van der Waals surface area contributed by atoms with Crippen molar-refractivity contribution in [2.24, 2.45) is 4.99 Å². The van der Waals surface area contributed by atoms with E-state index >= 15 is 0 Å². The average Bonchev–Trinajstić information content (AvgIpc) is 3.09. The highest BCUT2D eigenvalue weighted by Gasteiger charge is 2.24. The van der Waals surface area contributed by atoms with E-state index in [9.17, 15) is 9.18 Å². The molecular weight excluding hydrogens is 623 g/mol. The van der Waals surface area contributed by atoms with Crippen molar-refractivity contribution in [2.75, 3.05) is 0 Å². The van der Waals surface area contributed by atoms with Gasteiger partial charge in [-0.05, 0) is 99.6 Å². The van der Waals surface area contributed by atoms with Crippen LogP contribution in [0, 0.1) is 19.9 Å². The van der Waals surface area contributed by atoms with Crippen LogP contribution in [0.2, 0.25) is 0 Å². The third kappa shape index (κ3) is 5.32. The molecule has 0 aliphatic carbocycles. The molecule has 1 heterocycles. The van der Waals surface area contributed by atoms with Gasteiger partial charge in [-0.15, -0.1) is 0 Å². The van der Waals surface area contributed by atoms with Gasteiger partial charge >= 0.3 is 5.97 Å². The van der Waals surface area contributed by atoms with Crippen LogP contribution in [-0.2, 0) is 16.1 Å². The molecule has 0 spiro atoms. The lowest BCUT2D eigenvalue weighted by atomic mass is 10.1. The lowest BCUT2D eigenvalue weighted by molar-refractivity contribution is -0.129. The summed E-state index contributed by atoms with van der Waals surface area (Å²) >= 11 is 4.43. The number of rotatable bonds is 5. The van der Waals surface area contributed by atoms with Gasteiger partial charge in [-0.3, -0.25) is 0 Å². The number of halogens is 3. The minimum atomic E-state index is -0.566. The first kappa shape index (κ1) is 21.9. The minimum absolute atomic E-state index is 0.0956. The molecule has 7 heteroatoms. The molecule has 4 rings (SSSR count). The smallest absolute Gasteiger partial charge is 0.363 e. The molecule has 31 heavy (non-hydrogen) atoms. The van der Waals surface area contributed by atoms with E-state index in [0.717, 1.165) is 24.0 Å². The highest BCUT2D eigenvalue weighted by molar-refractivity contribution is 14.1. The van der Waals surface area contributed by atoms with Gasteiger partial charge in [0.25, 0.3) is 0 Å². The van der Waals surface area contributed by atoms with Crippen LogP contribution in [0.3, 0.4) is 0 Å². The summed E-state index contributed by atoms with van der Waals surface area (Å²) in [5, 5.41) is 0. The highest BCUT2D eigenvalue weighted by Crippen LogP contribution is 2.31. The van der Waals surface area contributed by atoms with Crippen molar-refractivity contribution in [1.82, 2.24) is 0 Å². The lowest BCUT2D eigenvalue weighted by Crippen LogP contribution is -2.05. The van der Waals surface area contributed by atoms with Gasteiger partial charge in [-0.1, -0.05) is 35.9 Å². The fourth-order valence-electron chi connectivity index (χ4n) is 2.95. The van der Waals surface area contributed by atoms with Crippen LogP contribution < -0.4 is 4.74 Å². The first-order chi connectivity index (χ1) is 14.9. The van der Waals surface area contributed by atoms with Gasteiger partial charge in [-0.25, -0.2) is 14.2 Å². The number of ether oxygens (including phenoxy) is 2. The van der Waals surface area contributed by atoms with E-state index in [1.54, 1.807) is 18.2 Å². The van der Waals surface area contributed by atoms with E-state index in [1.165, 1.54) is 17.7 Å². The van der Waals surface area contributed by atoms with Crippen LogP contribution in [-0.4, -0.2) is 11.9 Å². The number of hydrogen-bond donors (Lipinski definition) is 0. The summed E-state index contributed by atoms with van der Waals surface area (Å²) in [5.41, 5.74) is 3.68. The number of esters is 1. The number of carbonyl (C=O) groups is 1. The molecule has 156 valence electrons. The van der Waals surface area contributed by atoms with Gasteiger partial charge < -0.3 is 9.47 Å². The standard InChI is InChI=1S/C24H16FI2NO3/c1-14-5-7-15(8-6-14)13-30-22-19(26)9-16(10-20(22)27)11-21-24(29)31-23(28-21)17-3-2-4-18(25)12-17/h2-12H,13H2,1H3/b21-11-. The molecule has 0 bridgehead atoms. The third-order valence-corrected chi connectivity index (χ3v) is 6.12. The predicted molar refractivity (Wildman–Crippen MR) is 134 cm³/mol. The summed E-state index contributed by atoms with van der Waals surface area (Å²) in [4.78, 5) is 16.5. The second-order valence-corrected chi connectivity index (χ2v) is 9.26. The molecule has 0 atom stereocenters. The first-order valence-corrected chi connectivity index (χ1v) is 11.5. The maximum Gasteiger partial charge on any atom is 0.363 e. The van der Waals surface area contributed by atoms with Crippen molar-refractivity contribution >= 4 is 63.1 Å². The topological polar surface area (TPSA) is 47.9 Å². The van der Waals surface area contributed by atoms with Gasteiger partial charge in [0.2, 0.25) is 5.90 Å². The van der Waals surface area contributed by atoms with Gasteiger partial charge in [0.1, 0.15) is 18.2 Å². The van der Waals surface area contributed by atoms with E-state index in [2.05, 4.69) is 69.2 Å². The third-order valence-electron chi connectivity index (χ3n) is 4.52. The Morgan fingerprint density at radius 3 is 2.45 bits per heavy atom. The monoisotopic (exact) mass is 639 g/mol. The number of carbonyl (C=O) groups excluding carboxylic acids is 1. The van der Waals surface area contributed by atoms with Crippen LogP contribution in [0.4, 0.5) is 4.39 Å². The zero-order chi connectivity index (χ0) is 22.0. The maximum absolute atomic E-state index is 13.5. The van der Waals surface area contributed by atoms with Crippen LogP contribution in [0.1, 0.15) is 22.3 Å². The molecule has 1 aliphatic rings. The summed E-state index contributed by atoms with van der Waals surface area (Å²) in [5.74, 6) is -0.0944. The minimum Gasteiger partial charge on any atom is -0.487 e. The molecule has 0 N–H and O–H groups in total. The van der Waals surface area contributed by atoms with Crippen molar-refractivity contribution < 1.29 is 18.7 Å². The molecule has 0 saturated heterocycles. The molecule has 0 unspecified atom stereocenters. The molecular formula is C24H16FI2NO3. The van der Waals surface area contributed by atoms with Crippen LogP contribution in [0.15, 0.2) is 71.4 Å². The summed E-state index contributed by atoms with van der Waals surface area (Å²) in [6, 6.07) is 17.8. The number of hydrogen-bond acceptors (Lipinski definition) is 4. The van der Waals surface area contributed by atoms with Crippen LogP contribution in [0.5, 0.6) is 5.75 Å². The zero-order valence-corrected chi connectivity index (χ0v) is 20.7. The van der Waals surface area contributed by atoms with Crippen LogP contribution >= 0.6 is 45.2 Å². The van der Waals surface area contributed by atoms with Gasteiger partial charge in [-0.2, -0.15) is 0 Å². The van der Waals surface area contributed by atoms with Crippen molar-refractivity contribution in [3.63, 3.8) is 0 Å². The molecule has 0 amide bonds. The number of cyclic esters (lactones) is 1. The van der Waals surface area contributed by atoms with Crippen molar-refractivity contribution in [3.8, 4) is 5.75 Å². The summed E-state index contributed by atoms with van der Waals surface area (Å²) in [6.45, 7) is 2.52. The van der Waals surface area contributed by atoms with Crippen molar-refractivity contribution in [2.45, 2.75) is 13.5 Å². The fraction of sp³-hybridized carbons (Fsp3) is 0.0833. The van der Waals surface area contributed by atoms with Crippen molar-refractivity contribution in [1.29, 1.82) is 0 Å². The van der Waals surface area contributed by atoms with E-state index in [0.29, 0.717) is 12.2 Å². The first-order valence-electron chi connectivity index (χ1n) is 9.35. The SMILES string of the molecule is Cc1ccc(COc2c(I)cc(/C=C3\N=C(c4cccc(F)c4)OC3=O)cc2I)cc1. The highest BCUT2D eigenvalue weighted by atomic mass is 127.